The molecule has 0 saturated carbocycles. The van der Waals surface area contributed by atoms with Crippen molar-refractivity contribution in [3.8, 4) is 0 Å². The van der Waals surface area contributed by atoms with Crippen LogP contribution >= 0.6 is 0 Å². The van der Waals surface area contributed by atoms with Gasteiger partial charge in [-0.2, -0.15) is 4.98 Å². The van der Waals surface area contributed by atoms with Gasteiger partial charge in [0.05, 0.1) is 0 Å². The largest absolute Gasteiger partial charge is 0.369 e. The lowest BCUT2D eigenvalue weighted by Crippen LogP contribution is -2.29. The molecule has 1 aliphatic rings. The summed E-state index contributed by atoms with van der Waals surface area (Å²) in [6.07, 6.45) is 5.68. The second-order valence-corrected chi connectivity index (χ2v) is 6.15. The Balaban J connectivity index is 1.83. The molecule has 0 aromatic carbocycles. The summed E-state index contributed by atoms with van der Waals surface area (Å²) >= 11 is 0. The summed E-state index contributed by atoms with van der Waals surface area (Å²) in [5.74, 6) is 2.30. The lowest BCUT2D eigenvalue weighted by atomic mass is 10.1. The maximum Gasteiger partial charge on any atom is 0.224 e. The van der Waals surface area contributed by atoms with Gasteiger partial charge in [-0.15, -0.1) is 0 Å². The van der Waals surface area contributed by atoms with E-state index in [0.717, 1.165) is 36.8 Å². The Hall–Kier alpha value is -1.36. The van der Waals surface area contributed by atoms with Gasteiger partial charge in [0, 0.05) is 31.4 Å². The fourth-order valence-electron chi connectivity index (χ4n) is 2.68. The van der Waals surface area contributed by atoms with Gasteiger partial charge in [-0.05, 0) is 45.2 Å². The fraction of sp³-hybridized carbons (Fsp3) is 0.750. The molecule has 0 amide bonds. The van der Waals surface area contributed by atoms with Crippen molar-refractivity contribution in [2.75, 3.05) is 43.4 Å². The highest BCUT2D eigenvalue weighted by Gasteiger charge is 2.14. The Morgan fingerprint density at radius 3 is 2.76 bits per heavy atom. The van der Waals surface area contributed by atoms with E-state index in [1.807, 2.05) is 6.20 Å². The van der Waals surface area contributed by atoms with Crippen LogP contribution < -0.4 is 10.6 Å². The van der Waals surface area contributed by atoms with E-state index in [0.29, 0.717) is 5.92 Å². The average molecular weight is 291 g/mol. The van der Waals surface area contributed by atoms with Crippen molar-refractivity contribution in [3.63, 3.8) is 0 Å². The van der Waals surface area contributed by atoms with Crippen LogP contribution in [0.5, 0.6) is 0 Å². The van der Waals surface area contributed by atoms with Gasteiger partial charge in [-0.25, -0.2) is 4.98 Å². The molecule has 5 nitrogen and oxygen atoms in total. The standard InChI is InChI=1S/C16H29N5/c1-4-7-17-16-19-11-14(3)15(20-16)18-10-13(2)12-21-8-5-6-9-21/h11,13H,4-10,12H2,1-3H3,(H2,17,18,19,20). The highest BCUT2D eigenvalue weighted by atomic mass is 15.2. The number of nitrogens with zero attached hydrogens (tertiary/aromatic N) is 3. The molecule has 0 spiro atoms. The van der Waals surface area contributed by atoms with Gasteiger partial charge in [-0.3, -0.25) is 0 Å². The van der Waals surface area contributed by atoms with Crippen molar-refractivity contribution in [2.45, 2.75) is 40.0 Å². The predicted octanol–water partition coefficient (Wildman–Crippen LogP) is 2.75. The van der Waals surface area contributed by atoms with Crippen molar-refractivity contribution in [2.24, 2.45) is 5.92 Å². The van der Waals surface area contributed by atoms with Crippen molar-refractivity contribution >= 4 is 11.8 Å². The molecule has 2 rings (SSSR count). The monoisotopic (exact) mass is 291 g/mol. The molecule has 2 heterocycles. The first kappa shape index (κ1) is 16.0. The molecular weight excluding hydrogens is 262 g/mol. The number of nitrogens with one attached hydrogen (secondary N) is 2. The molecule has 1 aromatic rings. The minimum atomic E-state index is 0.629. The first-order chi connectivity index (χ1) is 10.2. The van der Waals surface area contributed by atoms with E-state index < -0.39 is 0 Å². The average Bonchev–Trinajstić information content (AvgIpc) is 2.98. The number of aryl methyl sites for hydroxylation is 1. The number of likely N-dealkylation sites (tertiary alicyclic amines) is 1. The van der Waals surface area contributed by atoms with Crippen LogP contribution in [-0.4, -0.2) is 47.6 Å². The summed E-state index contributed by atoms with van der Waals surface area (Å²) in [6.45, 7) is 12.1. The molecule has 118 valence electrons. The number of hydrogen-bond donors (Lipinski definition) is 2. The van der Waals surface area contributed by atoms with E-state index in [1.165, 1.54) is 32.5 Å². The fourth-order valence-corrected chi connectivity index (χ4v) is 2.68. The van der Waals surface area contributed by atoms with Crippen LogP contribution in [0, 0.1) is 12.8 Å². The van der Waals surface area contributed by atoms with Gasteiger partial charge in [0.25, 0.3) is 0 Å². The lowest BCUT2D eigenvalue weighted by molar-refractivity contribution is 0.294. The summed E-state index contributed by atoms with van der Waals surface area (Å²) in [6, 6.07) is 0. The zero-order chi connectivity index (χ0) is 15.1. The molecule has 1 unspecified atom stereocenters. The zero-order valence-electron chi connectivity index (χ0n) is 13.7. The van der Waals surface area contributed by atoms with Crippen molar-refractivity contribution in [3.05, 3.63) is 11.8 Å². The van der Waals surface area contributed by atoms with Gasteiger partial charge in [-0.1, -0.05) is 13.8 Å². The quantitative estimate of drug-likeness (QED) is 0.771. The van der Waals surface area contributed by atoms with Crippen molar-refractivity contribution in [1.29, 1.82) is 0 Å². The Bertz CT molecular complexity index is 429. The Labute approximate surface area is 128 Å². The zero-order valence-corrected chi connectivity index (χ0v) is 13.7. The second-order valence-electron chi connectivity index (χ2n) is 6.15. The summed E-state index contributed by atoms with van der Waals surface area (Å²) in [5.41, 5.74) is 1.10. The third kappa shape index (κ3) is 5.16. The third-order valence-corrected chi connectivity index (χ3v) is 3.89. The predicted molar refractivity (Wildman–Crippen MR) is 88.9 cm³/mol. The minimum Gasteiger partial charge on any atom is -0.369 e. The number of anilines is 2. The van der Waals surface area contributed by atoms with Crippen LogP contribution in [0.1, 0.15) is 38.7 Å². The highest BCUT2D eigenvalue weighted by molar-refractivity contribution is 5.46. The van der Waals surface area contributed by atoms with Crippen LogP contribution in [0.25, 0.3) is 0 Å². The third-order valence-electron chi connectivity index (χ3n) is 3.89. The molecule has 0 radical (unpaired) electrons. The summed E-state index contributed by atoms with van der Waals surface area (Å²) in [7, 11) is 0. The van der Waals surface area contributed by atoms with E-state index in [9.17, 15) is 0 Å². The first-order valence-corrected chi connectivity index (χ1v) is 8.22. The Morgan fingerprint density at radius 1 is 1.29 bits per heavy atom. The molecule has 1 saturated heterocycles. The molecule has 1 aliphatic heterocycles. The minimum absolute atomic E-state index is 0.629. The van der Waals surface area contributed by atoms with E-state index in [4.69, 9.17) is 0 Å². The first-order valence-electron chi connectivity index (χ1n) is 8.22. The van der Waals surface area contributed by atoms with Crippen LogP contribution in [0.2, 0.25) is 0 Å². The van der Waals surface area contributed by atoms with Crippen molar-refractivity contribution < 1.29 is 0 Å². The van der Waals surface area contributed by atoms with E-state index >= 15 is 0 Å². The maximum absolute atomic E-state index is 4.57. The molecule has 5 heteroatoms. The summed E-state index contributed by atoms with van der Waals surface area (Å²) in [4.78, 5) is 11.4. The summed E-state index contributed by atoms with van der Waals surface area (Å²) in [5, 5.41) is 6.72. The molecule has 21 heavy (non-hydrogen) atoms. The van der Waals surface area contributed by atoms with Gasteiger partial charge in [0.2, 0.25) is 5.95 Å². The van der Waals surface area contributed by atoms with Crippen LogP contribution in [-0.2, 0) is 0 Å². The number of aromatic nitrogens is 2. The maximum atomic E-state index is 4.57. The van der Waals surface area contributed by atoms with Crippen LogP contribution in [0.15, 0.2) is 6.20 Å². The number of rotatable bonds is 8. The smallest absolute Gasteiger partial charge is 0.224 e. The van der Waals surface area contributed by atoms with E-state index in [-0.39, 0.29) is 0 Å². The van der Waals surface area contributed by atoms with E-state index in [1.54, 1.807) is 0 Å². The van der Waals surface area contributed by atoms with Gasteiger partial charge in [0.15, 0.2) is 0 Å². The number of hydrogen-bond acceptors (Lipinski definition) is 5. The molecule has 0 bridgehead atoms. The van der Waals surface area contributed by atoms with Crippen molar-refractivity contribution in [1.82, 2.24) is 14.9 Å². The van der Waals surface area contributed by atoms with Gasteiger partial charge in [0.1, 0.15) is 5.82 Å². The normalized spacial score (nSPS) is 16.9. The topological polar surface area (TPSA) is 53.1 Å². The SMILES string of the molecule is CCCNc1ncc(C)c(NCC(C)CN2CCCC2)n1. The Kier molecular flexibility index (Phi) is 6.23. The Morgan fingerprint density at radius 2 is 2.05 bits per heavy atom. The van der Waals surface area contributed by atoms with E-state index in [2.05, 4.69) is 46.3 Å². The molecule has 0 aliphatic carbocycles. The molecule has 1 aromatic heterocycles. The van der Waals surface area contributed by atoms with Crippen LogP contribution in [0.3, 0.4) is 0 Å². The lowest BCUT2D eigenvalue weighted by Gasteiger charge is -2.21. The van der Waals surface area contributed by atoms with Gasteiger partial charge < -0.3 is 15.5 Å². The highest BCUT2D eigenvalue weighted by Crippen LogP contribution is 2.14. The molecule has 1 fully saturated rings. The summed E-state index contributed by atoms with van der Waals surface area (Å²) < 4.78 is 0. The van der Waals surface area contributed by atoms with Crippen LogP contribution in [0.4, 0.5) is 11.8 Å². The second kappa shape index (κ2) is 8.17. The van der Waals surface area contributed by atoms with Gasteiger partial charge >= 0.3 is 0 Å². The molecule has 2 N–H and O–H groups in total. The molecule has 1 atom stereocenters. The molecular formula is C16H29N5.